The first-order chi connectivity index (χ1) is 17.0. The Balaban J connectivity index is 1.40. The molecule has 1 aromatic heterocycles. The smallest absolute Gasteiger partial charge is 0.265 e. The van der Waals surface area contributed by atoms with E-state index < -0.39 is 0 Å². The average molecular weight is 486 g/mol. The summed E-state index contributed by atoms with van der Waals surface area (Å²) in [6.07, 6.45) is 0. The second-order valence-corrected chi connectivity index (χ2v) is 8.97. The number of ether oxygens (including phenoxy) is 2. The molecule has 0 atom stereocenters. The van der Waals surface area contributed by atoms with Gasteiger partial charge in [0.2, 0.25) is 5.91 Å². The first-order valence-electron chi connectivity index (χ1n) is 11.0. The van der Waals surface area contributed by atoms with Crippen LogP contribution in [0.15, 0.2) is 72.1 Å². The summed E-state index contributed by atoms with van der Waals surface area (Å²) in [5.41, 5.74) is 4.76. The van der Waals surface area contributed by atoms with Crippen molar-refractivity contribution >= 4 is 34.5 Å². The number of hydrogen-bond acceptors (Lipinski definition) is 6. The van der Waals surface area contributed by atoms with E-state index >= 15 is 0 Å². The monoisotopic (exact) mass is 485 g/mol. The Bertz CT molecular complexity index is 1400. The maximum absolute atomic E-state index is 12.9. The molecule has 35 heavy (non-hydrogen) atoms. The molecule has 0 unspecified atom stereocenters. The molecular formula is C27H23N3O4S. The van der Waals surface area contributed by atoms with E-state index in [1.54, 1.807) is 24.5 Å². The van der Waals surface area contributed by atoms with E-state index in [0.717, 1.165) is 27.4 Å². The maximum Gasteiger partial charge on any atom is 0.265 e. The molecule has 0 radical (unpaired) electrons. The van der Waals surface area contributed by atoms with E-state index in [9.17, 15) is 9.59 Å². The van der Waals surface area contributed by atoms with E-state index in [4.69, 9.17) is 14.5 Å². The molecule has 0 aliphatic carbocycles. The van der Waals surface area contributed by atoms with Gasteiger partial charge in [0.25, 0.3) is 5.91 Å². The fourth-order valence-electron chi connectivity index (χ4n) is 3.91. The van der Waals surface area contributed by atoms with Gasteiger partial charge in [-0.05, 0) is 42.8 Å². The van der Waals surface area contributed by atoms with Gasteiger partial charge in [-0.1, -0.05) is 36.4 Å². The van der Waals surface area contributed by atoms with Gasteiger partial charge < -0.3 is 14.8 Å². The lowest BCUT2D eigenvalue weighted by atomic mass is 10.1. The Kier molecular flexibility index (Phi) is 6.20. The fourth-order valence-corrected chi connectivity index (χ4v) is 4.74. The van der Waals surface area contributed by atoms with Gasteiger partial charge in [-0.25, -0.2) is 4.98 Å². The van der Waals surface area contributed by atoms with Crippen molar-refractivity contribution in [1.82, 2.24) is 4.98 Å². The molecule has 0 saturated carbocycles. The van der Waals surface area contributed by atoms with Crippen molar-refractivity contribution in [3.05, 3.63) is 77.7 Å². The zero-order valence-electron chi connectivity index (χ0n) is 19.3. The highest BCUT2D eigenvalue weighted by molar-refractivity contribution is 7.13. The van der Waals surface area contributed by atoms with Crippen molar-refractivity contribution in [3.8, 4) is 33.3 Å². The van der Waals surface area contributed by atoms with Crippen LogP contribution in [-0.4, -0.2) is 37.1 Å². The van der Waals surface area contributed by atoms with Crippen LogP contribution in [0, 0.1) is 6.92 Å². The Morgan fingerprint density at radius 2 is 1.94 bits per heavy atom. The van der Waals surface area contributed by atoms with Gasteiger partial charge in [0.1, 0.15) is 23.1 Å². The lowest BCUT2D eigenvalue weighted by Crippen LogP contribution is -2.43. The average Bonchev–Trinajstić information content (AvgIpc) is 3.37. The van der Waals surface area contributed by atoms with Gasteiger partial charge in [-0.3, -0.25) is 14.5 Å². The van der Waals surface area contributed by atoms with Crippen LogP contribution in [0.1, 0.15) is 5.56 Å². The Morgan fingerprint density at radius 3 is 2.74 bits per heavy atom. The SMILES string of the molecule is COc1ccc(C)cc1NC(=O)CN1C(=O)COc2ccc(-c3csc(-c4ccccc4)n3)cc21. The van der Waals surface area contributed by atoms with Crippen molar-refractivity contribution in [2.45, 2.75) is 6.92 Å². The van der Waals surface area contributed by atoms with Gasteiger partial charge in [-0.2, -0.15) is 0 Å². The summed E-state index contributed by atoms with van der Waals surface area (Å²) in [5, 5.41) is 5.75. The molecule has 2 amide bonds. The van der Waals surface area contributed by atoms with Crippen LogP contribution in [0.2, 0.25) is 0 Å². The maximum atomic E-state index is 12.9. The van der Waals surface area contributed by atoms with Crippen molar-refractivity contribution in [2.75, 3.05) is 30.5 Å². The van der Waals surface area contributed by atoms with Crippen LogP contribution in [0.3, 0.4) is 0 Å². The summed E-state index contributed by atoms with van der Waals surface area (Å²) >= 11 is 1.55. The lowest BCUT2D eigenvalue weighted by molar-refractivity contribution is -0.123. The predicted molar refractivity (Wildman–Crippen MR) is 137 cm³/mol. The molecule has 2 heterocycles. The van der Waals surface area contributed by atoms with Crippen molar-refractivity contribution < 1.29 is 19.1 Å². The van der Waals surface area contributed by atoms with Gasteiger partial charge in [0, 0.05) is 16.5 Å². The molecule has 1 aliphatic rings. The minimum Gasteiger partial charge on any atom is -0.495 e. The molecule has 0 fully saturated rings. The number of thiazole rings is 1. The number of anilines is 2. The minimum atomic E-state index is -0.333. The van der Waals surface area contributed by atoms with Crippen LogP contribution in [-0.2, 0) is 9.59 Å². The van der Waals surface area contributed by atoms with E-state index in [-0.39, 0.29) is 25.0 Å². The largest absolute Gasteiger partial charge is 0.495 e. The molecule has 1 N–H and O–H groups in total. The Morgan fingerprint density at radius 1 is 1.11 bits per heavy atom. The van der Waals surface area contributed by atoms with Crippen LogP contribution in [0.25, 0.3) is 21.8 Å². The molecule has 0 bridgehead atoms. The molecule has 5 rings (SSSR count). The highest BCUT2D eigenvalue weighted by Gasteiger charge is 2.28. The van der Waals surface area contributed by atoms with Gasteiger partial charge in [-0.15, -0.1) is 11.3 Å². The van der Waals surface area contributed by atoms with Crippen LogP contribution in [0.5, 0.6) is 11.5 Å². The normalized spacial score (nSPS) is 12.6. The third-order valence-electron chi connectivity index (χ3n) is 5.65. The number of carbonyl (C=O) groups is 2. The number of aryl methyl sites for hydroxylation is 1. The number of benzene rings is 3. The zero-order valence-corrected chi connectivity index (χ0v) is 20.1. The fraction of sp³-hybridized carbons (Fsp3) is 0.148. The summed E-state index contributed by atoms with van der Waals surface area (Å²) in [6.45, 7) is 1.66. The summed E-state index contributed by atoms with van der Waals surface area (Å²) in [4.78, 5) is 31.9. The number of carbonyl (C=O) groups excluding carboxylic acids is 2. The van der Waals surface area contributed by atoms with E-state index in [1.807, 2.05) is 73.0 Å². The molecule has 4 aromatic rings. The summed E-state index contributed by atoms with van der Waals surface area (Å²) in [5.74, 6) is 0.482. The predicted octanol–water partition coefficient (Wildman–Crippen LogP) is 5.16. The number of hydrogen-bond donors (Lipinski definition) is 1. The van der Waals surface area contributed by atoms with Gasteiger partial charge >= 0.3 is 0 Å². The molecular weight excluding hydrogens is 462 g/mol. The number of nitrogens with one attached hydrogen (secondary N) is 1. The first-order valence-corrected chi connectivity index (χ1v) is 11.9. The minimum absolute atomic E-state index is 0.123. The number of nitrogens with zero attached hydrogens (tertiary/aromatic N) is 2. The van der Waals surface area contributed by atoms with E-state index in [0.29, 0.717) is 22.9 Å². The van der Waals surface area contributed by atoms with E-state index in [2.05, 4.69) is 5.32 Å². The van der Waals surface area contributed by atoms with E-state index in [1.165, 1.54) is 4.90 Å². The number of aromatic nitrogens is 1. The Labute approximate surface area is 207 Å². The molecule has 176 valence electrons. The summed E-state index contributed by atoms with van der Waals surface area (Å²) in [7, 11) is 1.55. The van der Waals surface area contributed by atoms with Crippen molar-refractivity contribution in [1.29, 1.82) is 0 Å². The van der Waals surface area contributed by atoms with Crippen molar-refractivity contribution in [2.24, 2.45) is 0 Å². The van der Waals surface area contributed by atoms with Crippen LogP contribution < -0.4 is 19.7 Å². The number of amides is 2. The second kappa shape index (κ2) is 9.60. The molecule has 8 heteroatoms. The third kappa shape index (κ3) is 4.74. The lowest BCUT2D eigenvalue weighted by Gasteiger charge is -2.29. The van der Waals surface area contributed by atoms with Gasteiger partial charge in [0.05, 0.1) is 24.2 Å². The summed E-state index contributed by atoms with van der Waals surface area (Å²) in [6, 6.07) is 21.1. The van der Waals surface area contributed by atoms with Crippen LogP contribution in [0.4, 0.5) is 11.4 Å². The number of methoxy groups -OCH3 is 1. The molecule has 1 aliphatic heterocycles. The highest BCUT2D eigenvalue weighted by atomic mass is 32.1. The third-order valence-corrected chi connectivity index (χ3v) is 6.54. The number of rotatable bonds is 6. The zero-order chi connectivity index (χ0) is 24.4. The first kappa shape index (κ1) is 22.6. The second-order valence-electron chi connectivity index (χ2n) is 8.11. The Hall–Kier alpha value is -4.17. The topological polar surface area (TPSA) is 80.8 Å². The number of fused-ring (bicyclic) bond motifs is 1. The highest BCUT2D eigenvalue weighted by Crippen LogP contribution is 2.37. The quantitative estimate of drug-likeness (QED) is 0.408. The van der Waals surface area contributed by atoms with Crippen molar-refractivity contribution in [3.63, 3.8) is 0 Å². The standard InChI is InChI=1S/C27H23N3O4S/c1-17-8-10-23(33-2)20(12-17)28-25(31)14-30-22-13-19(9-11-24(22)34-15-26(30)32)21-16-35-27(29-21)18-6-4-3-5-7-18/h3-13,16H,14-15H2,1-2H3,(H,28,31). The summed E-state index contributed by atoms with van der Waals surface area (Å²) < 4.78 is 11.0. The molecule has 0 spiro atoms. The molecule has 7 nitrogen and oxygen atoms in total. The molecule has 0 saturated heterocycles. The molecule has 3 aromatic carbocycles. The van der Waals surface area contributed by atoms with Crippen LogP contribution >= 0.6 is 11.3 Å². The van der Waals surface area contributed by atoms with Gasteiger partial charge in [0.15, 0.2) is 6.61 Å².